The summed E-state index contributed by atoms with van der Waals surface area (Å²) in [6, 6.07) is 8.87. The molecule has 0 radical (unpaired) electrons. The molecule has 0 aliphatic rings. The Morgan fingerprint density at radius 2 is 1.82 bits per heavy atom. The maximum Gasteiger partial charge on any atom is 0.0302 e. The molecule has 1 atom stereocenters. The third kappa shape index (κ3) is 5.69. The number of unbranched alkanes of at least 4 members (excludes halogenated alkanes) is 4. The van der Waals surface area contributed by atoms with Crippen molar-refractivity contribution in [3.8, 4) is 0 Å². The van der Waals surface area contributed by atoms with Crippen molar-refractivity contribution in [1.29, 1.82) is 0 Å². The average molecular weight is 298 g/mol. The number of hydrogen-bond donors (Lipinski definition) is 1. The van der Waals surface area contributed by atoms with Crippen LogP contribution in [0.5, 0.6) is 0 Å². The maximum absolute atomic E-state index is 3.60. The lowest BCUT2D eigenvalue weighted by Crippen LogP contribution is -2.20. The highest BCUT2D eigenvalue weighted by Crippen LogP contribution is 2.22. The molecule has 1 aromatic rings. The molecule has 17 heavy (non-hydrogen) atoms. The minimum absolute atomic E-state index is 0.428. The van der Waals surface area contributed by atoms with Crippen molar-refractivity contribution >= 4 is 15.9 Å². The van der Waals surface area contributed by atoms with Gasteiger partial charge in [0.05, 0.1) is 0 Å². The van der Waals surface area contributed by atoms with Crippen molar-refractivity contribution in [2.45, 2.75) is 52.0 Å². The molecule has 96 valence electrons. The Morgan fingerprint density at radius 1 is 1.12 bits per heavy atom. The summed E-state index contributed by atoms with van der Waals surface area (Å²) in [4.78, 5) is 0. The van der Waals surface area contributed by atoms with Crippen LogP contribution in [0.4, 0.5) is 0 Å². The molecule has 1 nitrogen and oxygen atoms in total. The fraction of sp³-hybridized carbons (Fsp3) is 0.600. The molecule has 0 bridgehead atoms. The first-order valence-corrected chi connectivity index (χ1v) is 7.52. The molecule has 0 amide bonds. The molecule has 0 fully saturated rings. The van der Waals surface area contributed by atoms with Crippen molar-refractivity contribution in [2.75, 3.05) is 6.54 Å². The van der Waals surface area contributed by atoms with Crippen LogP contribution in [0.2, 0.25) is 0 Å². The molecule has 0 unspecified atom stereocenters. The quantitative estimate of drug-likeness (QED) is 0.661. The molecule has 1 rings (SSSR count). The lowest BCUT2D eigenvalue weighted by Gasteiger charge is -2.15. The second-order valence-corrected chi connectivity index (χ2v) is 5.47. The van der Waals surface area contributed by atoms with Gasteiger partial charge < -0.3 is 5.32 Å². The van der Waals surface area contributed by atoms with Gasteiger partial charge in [-0.05, 0) is 31.5 Å². The van der Waals surface area contributed by atoms with Crippen LogP contribution in [0.1, 0.15) is 57.6 Å². The first kappa shape index (κ1) is 14.7. The van der Waals surface area contributed by atoms with E-state index in [1.165, 1.54) is 42.1 Å². The lowest BCUT2D eigenvalue weighted by molar-refractivity contribution is 0.530. The summed E-state index contributed by atoms with van der Waals surface area (Å²) in [5, 5.41) is 3.59. The molecule has 0 saturated heterocycles. The summed E-state index contributed by atoms with van der Waals surface area (Å²) in [6.45, 7) is 5.60. The van der Waals surface area contributed by atoms with Crippen LogP contribution in [0, 0.1) is 0 Å². The maximum atomic E-state index is 3.60. The van der Waals surface area contributed by atoms with Gasteiger partial charge >= 0.3 is 0 Å². The summed E-state index contributed by atoms with van der Waals surface area (Å²) in [5.41, 5.74) is 1.35. The Bertz CT molecular complexity index is 312. The van der Waals surface area contributed by atoms with Crippen LogP contribution in [0.25, 0.3) is 0 Å². The van der Waals surface area contributed by atoms with E-state index in [0.29, 0.717) is 6.04 Å². The fourth-order valence-corrected chi connectivity index (χ4v) is 2.61. The van der Waals surface area contributed by atoms with Crippen molar-refractivity contribution in [2.24, 2.45) is 0 Å². The van der Waals surface area contributed by atoms with Gasteiger partial charge in [-0.2, -0.15) is 0 Å². The van der Waals surface area contributed by atoms with E-state index < -0.39 is 0 Å². The van der Waals surface area contributed by atoms with Crippen molar-refractivity contribution in [3.05, 3.63) is 34.3 Å². The predicted octanol–water partition coefficient (Wildman–Crippen LogP) is 5.07. The lowest BCUT2D eigenvalue weighted by atomic mass is 10.1. The Labute approximate surface area is 114 Å². The van der Waals surface area contributed by atoms with Gasteiger partial charge in [0.25, 0.3) is 0 Å². The van der Waals surface area contributed by atoms with Gasteiger partial charge in [0.1, 0.15) is 0 Å². The Balaban J connectivity index is 2.21. The highest BCUT2D eigenvalue weighted by molar-refractivity contribution is 9.10. The van der Waals surface area contributed by atoms with Gasteiger partial charge in [-0.25, -0.2) is 0 Å². The monoisotopic (exact) mass is 297 g/mol. The third-order valence-electron chi connectivity index (χ3n) is 3.10. The topological polar surface area (TPSA) is 12.0 Å². The first-order valence-electron chi connectivity index (χ1n) is 6.73. The second kappa shape index (κ2) is 8.71. The summed E-state index contributed by atoms with van der Waals surface area (Å²) in [5.74, 6) is 0. The molecule has 2 heteroatoms. The zero-order chi connectivity index (χ0) is 12.5. The highest BCUT2D eigenvalue weighted by atomic mass is 79.9. The van der Waals surface area contributed by atoms with Crippen LogP contribution >= 0.6 is 15.9 Å². The highest BCUT2D eigenvalue weighted by Gasteiger charge is 2.06. The van der Waals surface area contributed by atoms with Crippen LogP contribution in [0.3, 0.4) is 0 Å². The molecular weight excluding hydrogens is 274 g/mol. The van der Waals surface area contributed by atoms with E-state index in [4.69, 9.17) is 0 Å². The van der Waals surface area contributed by atoms with Crippen LogP contribution < -0.4 is 5.32 Å². The van der Waals surface area contributed by atoms with Crippen molar-refractivity contribution < 1.29 is 0 Å². The third-order valence-corrected chi connectivity index (χ3v) is 3.82. The minimum atomic E-state index is 0.428. The summed E-state index contributed by atoms with van der Waals surface area (Å²) in [6.07, 6.45) is 6.71. The van der Waals surface area contributed by atoms with E-state index in [2.05, 4.69) is 59.4 Å². The number of hydrogen-bond acceptors (Lipinski definition) is 1. The van der Waals surface area contributed by atoms with Crippen LogP contribution in [0.15, 0.2) is 28.7 Å². The predicted molar refractivity (Wildman–Crippen MR) is 79.3 cm³/mol. The van der Waals surface area contributed by atoms with Gasteiger partial charge in [0.15, 0.2) is 0 Å². The average Bonchev–Trinajstić information content (AvgIpc) is 2.34. The van der Waals surface area contributed by atoms with E-state index in [0.717, 1.165) is 6.54 Å². The number of rotatable bonds is 8. The summed E-state index contributed by atoms with van der Waals surface area (Å²) < 4.78 is 1.20. The van der Waals surface area contributed by atoms with Gasteiger partial charge in [-0.1, -0.05) is 66.7 Å². The number of benzene rings is 1. The van der Waals surface area contributed by atoms with Crippen LogP contribution in [-0.2, 0) is 0 Å². The normalized spacial score (nSPS) is 12.6. The molecule has 0 saturated carbocycles. The Hall–Kier alpha value is -0.340. The zero-order valence-corrected chi connectivity index (χ0v) is 12.6. The molecule has 1 aromatic carbocycles. The number of nitrogens with one attached hydrogen (secondary N) is 1. The molecule has 0 aliphatic heterocycles. The first-order chi connectivity index (χ1) is 8.25. The fourth-order valence-electron chi connectivity index (χ4n) is 1.98. The summed E-state index contributed by atoms with van der Waals surface area (Å²) >= 11 is 3.60. The van der Waals surface area contributed by atoms with Gasteiger partial charge in [-0.15, -0.1) is 0 Å². The van der Waals surface area contributed by atoms with Gasteiger partial charge in [0.2, 0.25) is 0 Å². The Kier molecular flexibility index (Phi) is 7.54. The number of halogens is 1. The van der Waals surface area contributed by atoms with Crippen molar-refractivity contribution in [1.82, 2.24) is 5.32 Å². The van der Waals surface area contributed by atoms with E-state index in [9.17, 15) is 0 Å². The molecule has 0 aromatic heterocycles. The van der Waals surface area contributed by atoms with Gasteiger partial charge in [0, 0.05) is 10.5 Å². The molecular formula is C15H24BrN. The van der Waals surface area contributed by atoms with E-state index in [-0.39, 0.29) is 0 Å². The zero-order valence-electron chi connectivity index (χ0n) is 11.0. The minimum Gasteiger partial charge on any atom is -0.310 e. The van der Waals surface area contributed by atoms with E-state index >= 15 is 0 Å². The summed E-state index contributed by atoms with van der Waals surface area (Å²) in [7, 11) is 0. The SMILES string of the molecule is CCCCCCCN[C@@H](C)c1ccccc1Br. The molecule has 1 N–H and O–H groups in total. The largest absolute Gasteiger partial charge is 0.310 e. The smallest absolute Gasteiger partial charge is 0.0302 e. The van der Waals surface area contributed by atoms with E-state index in [1.807, 2.05) is 0 Å². The van der Waals surface area contributed by atoms with Crippen molar-refractivity contribution in [3.63, 3.8) is 0 Å². The second-order valence-electron chi connectivity index (χ2n) is 4.61. The van der Waals surface area contributed by atoms with Gasteiger partial charge in [-0.3, -0.25) is 0 Å². The van der Waals surface area contributed by atoms with Crippen LogP contribution in [-0.4, -0.2) is 6.54 Å². The van der Waals surface area contributed by atoms with E-state index in [1.54, 1.807) is 0 Å². The Morgan fingerprint density at radius 3 is 2.53 bits per heavy atom. The molecule has 0 heterocycles. The standard InChI is InChI=1S/C15H24BrN/c1-3-4-5-6-9-12-17-13(2)14-10-7-8-11-15(14)16/h7-8,10-11,13,17H,3-6,9,12H2,1-2H3/t13-/m0/s1. The molecule has 0 spiro atoms. The molecule has 0 aliphatic carbocycles.